The number of hydrogen-bond acceptors (Lipinski definition) is 6. The van der Waals surface area contributed by atoms with Crippen LogP contribution in [-0.4, -0.2) is 48.9 Å². The average molecular weight is 245 g/mol. The van der Waals surface area contributed by atoms with E-state index in [0.29, 0.717) is 13.0 Å². The number of rotatable bonds is 2. The zero-order chi connectivity index (χ0) is 12.6. The van der Waals surface area contributed by atoms with Crippen LogP contribution in [0.5, 0.6) is 0 Å². The molecule has 0 aliphatic carbocycles. The highest BCUT2D eigenvalue weighted by Gasteiger charge is 2.44. The van der Waals surface area contributed by atoms with Gasteiger partial charge < -0.3 is 14.2 Å². The Morgan fingerprint density at radius 1 is 1.47 bits per heavy atom. The van der Waals surface area contributed by atoms with Gasteiger partial charge in [-0.05, 0) is 13.8 Å². The van der Waals surface area contributed by atoms with E-state index in [-0.39, 0.29) is 18.1 Å². The molecule has 0 aromatic rings. The van der Waals surface area contributed by atoms with Gasteiger partial charge in [0.1, 0.15) is 6.10 Å². The van der Waals surface area contributed by atoms with E-state index >= 15 is 0 Å². The fourth-order valence-corrected chi connectivity index (χ4v) is 2.20. The maximum Gasteiger partial charge on any atom is 0.304 e. The number of hydroxylamine groups is 2. The van der Waals surface area contributed by atoms with Crippen LogP contribution in [0, 0.1) is 0 Å². The van der Waals surface area contributed by atoms with Crippen molar-refractivity contribution in [3.05, 3.63) is 0 Å². The predicted octanol–water partition coefficient (Wildman–Crippen LogP) is 0.663. The second-order valence-corrected chi connectivity index (χ2v) is 4.86. The van der Waals surface area contributed by atoms with E-state index < -0.39 is 12.1 Å². The maximum atomic E-state index is 10.9. The van der Waals surface area contributed by atoms with E-state index in [9.17, 15) is 4.79 Å². The number of carbonyl (C=O) groups excluding carboxylic acids is 1. The summed E-state index contributed by atoms with van der Waals surface area (Å²) in [7, 11) is 1.81. The largest absolute Gasteiger partial charge is 0.434 e. The third kappa shape index (κ3) is 2.95. The molecule has 2 aliphatic rings. The smallest absolute Gasteiger partial charge is 0.304 e. The molecule has 3 atom stereocenters. The Morgan fingerprint density at radius 2 is 2.18 bits per heavy atom. The van der Waals surface area contributed by atoms with Crippen LogP contribution in [0.2, 0.25) is 0 Å². The first kappa shape index (κ1) is 12.8. The lowest BCUT2D eigenvalue weighted by atomic mass is 10.1. The molecule has 0 spiro atoms. The Bertz CT molecular complexity index is 306. The molecule has 2 saturated heterocycles. The van der Waals surface area contributed by atoms with E-state index in [1.165, 1.54) is 6.92 Å². The molecule has 2 heterocycles. The van der Waals surface area contributed by atoms with E-state index in [1.54, 1.807) is 5.06 Å². The van der Waals surface area contributed by atoms with Crippen LogP contribution < -0.4 is 0 Å². The van der Waals surface area contributed by atoms with Crippen LogP contribution in [0.4, 0.5) is 0 Å². The van der Waals surface area contributed by atoms with Crippen molar-refractivity contribution < 1.29 is 23.8 Å². The van der Waals surface area contributed by atoms with Gasteiger partial charge in [0.2, 0.25) is 6.29 Å². The summed E-state index contributed by atoms with van der Waals surface area (Å²) in [5.41, 5.74) is 0. The molecule has 0 N–H and O–H groups in total. The van der Waals surface area contributed by atoms with Crippen molar-refractivity contribution in [3.8, 4) is 0 Å². The second kappa shape index (κ2) is 4.53. The molecule has 17 heavy (non-hydrogen) atoms. The van der Waals surface area contributed by atoms with E-state index in [2.05, 4.69) is 0 Å². The summed E-state index contributed by atoms with van der Waals surface area (Å²) in [6, 6.07) is 0.0427. The van der Waals surface area contributed by atoms with Crippen molar-refractivity contribution in [2.24, 2.45) is 0 Å². The highest BCUT2D eigenvalue weighted by Crippen LogP contribution is 2.31. The van der Waals surface area contributed by atoms with Crippen molar-refractivity contribution in [2.45, 2.75) is 51.4 Å². The van der Waals surface area contributed by atoms with Gasteiger partial charge in [-0.3, -0.25) is 9.63 Å². The lowest BCUT2D eigenvalue weighted by molar-refractivity contribution is -0.231. The number of likely N-dealkylation sites (N-methyl/N-ethyl adjacent to an activating group) is 1. The van der Waals surface area contributed by atoms with Gasteiger partial charge in [0.25, 0.3) is 0 Å². The first-order valence-electron chi connectivity index (χ1n) is 5.76. The highest BCUT2D eigenvalue weighted by molar-refractivity contribution is 5.66. The molecule has 2 rings (SSSR count). The van der Waals surface area contributed by atoms with Crippen LogP contribution >= 0.6 is 0 Å². The molecular weight excluding hydrogens is 226 g/mol. The van der Waals surface area contributed by atoms with Gasteiger partial charge in [-0.15, -0.1) is 0 Å². The van der Waals surface area contributed by atoms with Crippen LogP contribution in [0.1, 0.15) is 27.2 Å². The van der Waals surface area contributed by atoms with Crippen molar-refractivity contribution in [1.29, 1.82) is 0 Å². The van der Waals surface area contributed by atoms with Gasteiger partial charge in [0.15, 0.2) is 5.79 Å². The van der Waals surface area contributed by atoms with Crippen LogP contribution in [-0.2, 0) is 23.8 Å². The summed E-state index contributed by atoms with van der Waals surface area (Å²) in [5.74, 6) is -0.890. The number of nitrogens with zero attached hydrogens (tertiary/aromatic N) is 1. The molecule has 0 aromatic heterocycles. The minimum absolute atomic E-state index is 0.0427. The zero-order valence-corrected chi connectivity index (χ0v) is 10.6. The van der Waals surface area contributed by atoms with Gasteiger partial charge in [0.05, 0.1) is 12.6 Å². The Kier molecular flexibility index (Phi) is 3.40. The normalized spacial score (nSPS) is 37.3. The first-order chi connectivity index (χ1) is 7.87. The van der Waals surface area contributed by atoms with Crippen LogP contribution in [0.3, 0.4) is 0 Å². The quantitative estimate of drug-likeness (QED) is 0.666. The van der Waals surface area contributed by atoms with Gasteiger partial charge in [-0.1, -0.05) is 0 Å². The van der Waals surface area contributed by atoms with Gasteiger partial charge in [0, 0.05) is 20.4 Å². The Labute approximate surface area is 101 Å². The van der Waals surface area contributed by atoms with Gasteiger partial charge in [-0.2, -0.15) is 5.06 Å². The molecule has 0 saturated carbocycles. The molecular formula is C11H19NO5. The molecule has 0 aromatic carbocycles. The Hall–Kier alpha value is -0.690. The minimum Gasteiger partial charge on any atom is -0.434 e. The molecule has 2 fully saturated rings. The topological polar surface area (TPSA) is 57.2 Å². The van der Waals surface area contributed by atoms with Gasteiger partial charge in [-0.25, -0.2) is 0 Å². The maximum absolute atomic E-state index is 10.9. The summed E-state index contributed by atoms with van der Waals surface area (Å²) in [4.78, 5) is 16.3. The van der Waals surface area contributed by atoms with Gasteiger partial charge >= 0.3 is 5.97 Å². The standard InChI is InChI=1S/C11H19NO5/c1-7(13)15-10-5-8(12(4)17-10)9-6-14-11(2,3)16-9/h8-10H,5-6H2,1-4H3/t8-,9-,10?/m1/s1. The molecule has 0 bridgehead atoms. The predicted molar refractivity (Wildman–Crippen MR) is 57.7 cm³/mol. The van der Waals surface area contributed by atoms with Crippen molar-refractivity contribution in [2.75, 3.05) is 13.7 Å². The lowest BCUT2D eigenvalue weighted by Gasteiger charge is -2.23. The third-order valence-electron chi connectivity index (χ3n) is 2.94. The lowest BCUT2D eigenvalue weighted by Crippen LogP contribution is -2.38. The number of ether oxygens (including phenoxy) is 3. The zero-order valence-electron chi connectivity index (χ0n) is 10.6. The Balaban J connectivity index is 1.92. The van der Waals surface area contributed by atoms with E-state index in [0.717, 1.165) is 0 Å². The monoisotopic (exact) mass is 245 g/mol. The summed E-state index contributed by atoms with van der Waals surface area (Å²) >= 11 is 0. The number of carbonyl (C=O) groups is 1. The molecule has 0 radical (unpaired) electrons. The molecule has 98 valence electrons. The second-order valence-electron chi connectivity index (χ2n) is 4.86. The van der Waals surface area contributed by atoms with E-state index in [1.807, 2.05) is 20.9 Å². The average Bonchev–Trinajstić information content (AvgIpc) is 2.68. The van der Waals surface area contributed by atoms with Crippen molar-refractivity contribution in [3.63, 3.8) is 0 Å². The first-order valence-corrected chi connectivity index (χ1v) is 5.76. The summed E-state index contributed by atoms with van der Waals surface area (Å²) < 4.78 is 16.3. The molecule has 2 aliphatic heterocycles. The minimum atomic E-state index is -0.551. The highest BCUT2D eigenvalue weighted by atomic mass is 16.8. The summed E-state index contributed by atoms with van der Waals surface area (Å²) in [6.45, 7) is 5.66. The molecule has 6 nitrogen and oxygen atoms in total. The molecule has 6 heteroatoms. The van der Waals surface area contributed by atoms with Crippen LogP contribution in [0.15, 0.2) is 0 Å². The Morgan fingerprint density at radius 3 is 2.71 bits per heavy atom. The number of esters is 1. The fourth-order valence-electron chi connectivity index (χ4n) is 2.20. The fraction of sp³-hybridized carbons (Fsp3) is 0.909. The molecule has 0 amide bonds. The third-order valence-corrected chi connectivity index (χ3v) is 2.94. The summed E-state index contributed by atoms with van der Waals surface area (Å²) in [6.07, 6.45) is 0.0190. The van der Waals surface area contributed by atoms with Crippen LogP contribution in [0.25, 0.3) is 0 Å². The SMILES string of the molecule is CC(=O)OC1C[C@H]([C@H]2COC(C)(C)O2)N(C)O1. The summed E-state index contributed by atoms with van der Waals surface area (Å²) in [5, 5.41) is 1.68. The molecule has 1 unspecified atom stereocenters. The van der Waals surface area contributed by atoms with Crippen molar-refractivity contribution in [1.82, 2.24) is 5.06 Å². The van der Waals surface area contributed by atoms with E-state index in [4.69, 9.17) is 19.0 Å². The van der Waals surface area contributed by atoms with Crippen molar-refractivity contribution >= 4 is 5.97 Å². The number of hydrogen-bond donors (Lipinski definition) is 0.